The lowest BCUT2D eigenvalue weighted by Gasteiger charge is -2.06. The molecule has 1 aromatic carbocycles. The highest BCUT2D eigenvalue weighted by atomic mass is 35.5. The molecule has 0 bridgehead atoms. The molecule has 0 aliphatic rings. The number of hydrogen-bond acceptors (Lipinski definition) is 5. The van der Waals surface area contributed by atoms with Gasteiger partial charge in [-0.1, -0.05) is 11.6 Å². The molecule has 0 aliphatic carbocycles. The first-order chi connectivity index (χ1) is 9.40. The first-order valence-corrected chi connectivity index (χ1v) is 7.21. The van der Waals surface area contributed by atoms with Crippen LogP contribution in [0.5, 0.6) is 0 Å². The molecule has 2 aromatic rings. The van der Waals surface area contributed by atoms with Crippen LogP contribution >= 0.6 is 11.6 Å². The number of nitrogens with one attached hydrogen (secondary N) is 1. The molecule has 106 valence electrons. The van der Waals surface area contributed by atoms with Crippen molar-refractivity contribution in [3.8, 4) is 0 Å². The molecule has 7 nitrogen and oxygen atoms in total. The van der Waals surface area contributed by atoms with Crippen molar-refractivity contribution in [3.63, 3.8) is 0 Å². The van der Waals surface area contributed by atoms with Crippen molar-refractivity contribution in [2.45, 2.75) is 11.4 Å². The first kappa shape index (κ1) is 14.5. The van der Waals surface area contributed by atoms with Crippen LogP contribution < -0.4 is 4.72 Å². The van der Waals surface area contributed by atoms with Crippen molar-refractivity contribution >= 4 is 27.3 Å². The van der Waals surface area contributed by atoms with Gasteiger partial charge in [0.25, 0.3) is 5.69 Å². The fourth-order valence-electron chi connectivity index (χ4n) is 1.45. The van der Waals surface area contributed by atoms with Crippen molar-refractivity contribution in [2.75, 3.05) is 0 Å². The third kappa shape index (κ3) is 3.16. The van der Waals surface area contributed by atoms with Crippen LogP contribution in [-0.4, -0.2) is 13.3 Å². The summed E-state index contributed by atoms with van der Waals surface area (Å²) in [7, 11) is -3.86. The van der Waals surface area contributed by atoms with Gasteiger partial charge in [-0.15, -0.1) is 0 Å². The molecule has 0 spiro atoms. The number of nitro groups is 1. The summed E-state index contributed by atoms with van der Waals surface area (Å²) in [5.41, 5.74) is 0.176. The van der Waals surface area contributed by atoms with E-state index in [9.17, 15) is 18.5 Å². The van der Waals surface area contributed by atoms with E-state index in [1.165, 1.54) is 24.7 Å². The summed E-state index contributed by atoms with van der Waals surface area (Å²) < 4.78 is 31.1. The zero-order valence-corrected chi connectivity index (χ0v) is 11.5. The maximum absolute atomic E-state index is 12.0. The SMILES string of the molecule is O=[N+]([O-])c1cc(S(=O)(=O)NCc2ccoc2)ccc1Cl. The van der Waals surface area contributed by atoms with Crippen LogP contribution in [0.1, 0.15) is 5.56 Å². The first-order valence-electron chi connectivity index (χ1n) is 5.35. The molecule has 9 heteroatoms. The molecule has 2 rings (SSSR count). The Bertz CT molecular complexity index is 727. The average Bonchev–Trinajstić information content (AvgIpc) is 2.89. The van der Waals surface area contributed by atoms with Crippen molar-refractivity contribution in [1.29, 1.82) is 0 Å². The Balaban J connectivity index is 2.25. The van der Waals surface area contributed by atoms with Gasteiger partial charge in [0.2, 0.25) is 10.0 Å². The smallest absolute Gasteiger partial charge is 0.289 e. The topological polar surface area (TPSA) is 102 Å². The summed E-state index contributed by atoms with van der Waals surface area (Å²) in [6.45, 7) is 0.0231. The molecule has 0 atom stereocenters. The molecule has 0 saturated heterocycles. The van der Waals surface area contributed by atoms with Crippen LogP contribution in [0.15, 0.2) is 46.1 Å². The van der Waals surface area contributed by atoms with Gasteiger partial charge in [-0.25, -0.2) is 13.1 Å². The van der Waals surface area contributed by atoms with Gasteiger partial charge in [0.05, 0.1) is 22.3 Å². The Labute approximate surface area is 119 Å². The van der Waals surface area contributed by atoms with Crippen LogP contribution in [0.2, 0.25) is 5.02 Å². The molecule has 0 amide bonds. The van der Waals surface area contributed by atoms with E-state index in [2.05, 4.69) is 4.72 Å². The number of nitrogens with zero attached hydrogens (tertiary/aromatic N) is 1. The summed E-state index contributed by atoms with van der Waals surface area (Å²) in [4.78, 5) is 9.78. The van der Waals surface area contributed by atoms with Crippen LogP contribution in [-0.2, 0) is 16.6 Å². The molecule has 0 fully saturated rings. The quantitative estimate of drug-likeness (QED) is 0.673. The molecule has 0 radical (unpaired) electrons. The lowest BCUT2D eigenvalue weighted by Crippen LogP contribution is -2.23. The number of rotatable bonds is 5. The van der Waals surface area contributed by atoms with E-state index in [0.717, 1.165) is 6.07 Å². The Morgan fingerprint density at radius 2 is 2.10 bits per heavy atom. The third-order valence-electron chi connectivity index (χ3n) is 2.47. The van der Waals surface area contributed by atoms with Gasteiger partial charge in [0.1, 0.15) is 5.02 Å². The van der Waals surface area contributed by atoms with E-state index in [4.69, 9.17) is 16.0 Å². The van der Waals surface area contributed by atoms with Gasteiger partial charge in [-0.3, -0.25) is 10.1 Å². The molecule has 0 unspecified atom stereocenters. The van der Waals surface area contributed by atoms with E-state index in [-0.39, 0.29) is 16.5 Å². The van der Waals surface area contributed by atoms with Crippen LogP contribution in [0, 0.1) is 10.1 Å². The Kier molecular flexibility index (Phi) is 4.07. The maximum Gasteiger partial charge on any atom is 0.289 e. The number of sulfonamides is 1. The predicted molar refractivity (Wildman–Crippen MR) is 70.8 cm³/mol. The van der Waals surface area contributed by atoms with Crippen molar-refractivity contribution < 1.29 is 17.8 Å². The molecule has 20 heavy (non-hydrogen) atoms. The third-order valence-corrected chi connectivity index (χ3v) is 4.19. The Hall–Kier alpha value is -1.90. The number of hydrogen-bond donors (Lipinski definition) is 1. The van der Waals surface area contributed by atoms with E-state index in [1.807, 2.05) is 0 Å². The van der Waals surface area contributed by atoms with E-state index < -0.39 is 20.6 Å². The number of nitro benzene ring substituents is 1. The fraction of sp³-hybridized carbons (Fsp3) is 0.0909. The Morgan fingerprint density at radius 1 is 1.35 bits per heavy atom. The monoisotopic (exact) mass is 316 g/mol. The number of benzene rings is 1. The number of halogens is 1. The molecule has 1 N–H and O–H groups in total. The molecule has 1 aromatic heterocycles. The molecular weight excluding hydrogens is 308 g/mol. The highest BCUT2D eigenvalue weighted by Crippen LogP contribution is 2.27. The second kappa shape index (κ2) is 5.61. The summed E-state index contributed by atoms with van der Waals surface area (Å²) in [6.07, 6.45) is 2.81. The normalized spacial score (nSPS) is 11.4. The fourth-order valence-corrected chi connectivity index (χ4v) is 2.68. The van der Waals surface area contributed by atoms with Crippen molar-refractivity contribution in [1.82, 2.24) is 4.72 Å². The maximum atomic E-state index is 12.0. The lowest BCUT2D eigenvalue weighted by molar-refractivity contribution is -0.384. The van der Waals surface area contributed by atoms with E-state index in [1.54, 1.807) is 6.07 Å². The van der Waals surface area contributed by atoms with Gasteiger partial charge in [0, 0.05) is 18.2 Å². The van der Waals surface area contributed by atoms with Crippen LogP contribution in [0.4, 0.5) is 5.69 Å². The summed E-state index contributed by atoms with van der Waals surface area (Å²) in [5, 5.41) is 10.6. The predicted octanol–water partition coefficient (Wildman–Crippen LogP) is 2.32. The largest absolute Gasteiger partial charge is 0.472 e. The van der Waals surface area contributed by atoms with Gasteiger partial charge in [-0.05, 0) is 18.2 Å². The molecule has 1 heterocycles. The highest BCUT2D eigenvalue weighted by molar-refractivity contribution is 7.89. The number of furan rings is 1. The van der Waals surface area contributed by atoms with E-state index >= 15 is 0 Å². The minimum Gasteiger partial charge on any atom is -0.472 e. The summed E-state index contributed by atoms with van der Waals surface area (Å²) >= 11 is 5.63. The molecular formula is C11H9ClN2O5S. The van der Waals surface area contributed by atoms with Gasteiger partial charge in [0.15, 0.2) is 0 Å². The second-order valence-electron chi connectivity index (χ2n) is 3.83. The van der Waals surface area contributed by atoms with Crippen molar-refractivity contribution in [3.05, 3.63) is 57.5 Å². The summed E-state index contributed by atoms with van der Waals surface area (Å²) in [6, 6.07) is 4.89. The highest BCUT2D eigenvalue weighted by Gasteiger charge is 2.20. The standard InChI is InChI=1S/C11H9ClN2O5S/c12-10-2-1-9(5-11(10)14(15)16)20(17,18)13-6-8-3-4-19-7-8/h1-5,7,13H,6H2. The zero-order valence-electron chi connectivity index (χ0n) is 9.95. The van der Waals surface area contributed by atoms with Crippen LogP contribution in [0.25, 0.3) is 0 Å². The lowest BCUT2D eigenvalue weighted by atomic mass is 10.3. The van der Waals surface area contributed by atoms with Gasteiger partial charge >= 0.3 is 0 Å². The second-order valence-corrected chi connectivity index (χ2v) is 6.00. The summed E-state index contributed by atoms with van der Waals surface area (Å²) in [5.74, 6) is 0. The molecule has 0 aliphatic heterocycles. The minimum atomic E-state index is -3.86. The van der Waals surface area contributed by atoms with E-state index in [0.29, 0.717) is 5.56 Å². The average molecular weight is 317 g/mol. The van der Waals surface area contributed by atoms with Crippen LogP contribution in [0.3, 0.4) is 0 Å². The minimum absolute atomic E-state index is 0.0231. The van der Waals surface area contributed by atoms with Gasteiger partial charge in [-0.2, -0.15) is 0 Å². The zero-order chi connectivity index (χ0) is 14.8. The van der Waals surface area contributed by atoms with Gasteiger partial charge < -0.3 is 4.42 Å². The Morgan fingerprint density at radius 3 is 2.70 bits per heavy atom. The molecule has 0 saturated carbocycles. The van der Waals surface area contributed by atoms with Crippen molar-refractivity contribution in [2.24, 2.45) is 0 Å².